The average molecular weight is 543 g/mol. The number of amides is 4. The van der Waals surface area contributed by atoms with Gasteiger partial charge in [0.25, 0.3) is 5.91 Å². The first-order valence-corrected chi connectivity index (χ1v) is 14.5. The van der Waals surface area contributed by atoms with Crippen LogP contribution < -0.4 is 21.3 Å². The number of hydrogen-bond donors (Lipinski definition) is 5. The highest BCUT2D eigenvalue weighted by Gasteiger charge is 2.60. The van der Waals surface area contributed by atoms with E-state index in [0.717, 1.165) is 25.3 Å². The van der Waals surface area contributed by atoms with E-state index in [1.165, 1.54) is 31.4 Å². The molecule has 6 rings (SSSR count). The number of urea groups is 1. The van der Waals surface area contributed by atoms with Crippen molar-refractivity contribution < 1.29 is 23.9 Å². The maximum atomic E-state index is 15.0. The number of aliphatic hydroxyl groups excluding tert-OH is 1. The van der Waals surface area contributed by atoms with E-state index >= 15 is 0 Å². The Labute approximate surface area is 230 Å². The second kappa shape index (κ2) is 10.4. The molecule has 0 aromatic heterocycles. The van der Waals surface area contributed by atoms with Gasteiger partial charge in [-0.05, 0) is 106 Å². The molecule has 3 unspecified atom stereocenters. The fraction of sp³-hybridized carbons (Fsp3) is 0.700. The highest BCUT2D eigenvalue weighted by Crippen LogP contribution is 2.66. The fourth-order valence-electron chi connectivity index (χ4n) is 8.90. The van der Waals surface area contributed by atoms with E-state index in [0.29, 0.717) is 31.6 Å². The summed E-state index contributed by atoms with van der Waals surface area (Å²) in [6, 6.07) is 3.64. The lowest BCUT2D eigenvalue weighted by Crippen LogP contribution is -2.65. The van der Waals surface area contributed by atoms with Crippen molar-refractivity contribution in [1.29, 1.82) is 0 Å². The van der Waals surface area contributed by atoms with Crippen LogP contribution in [0.1, 0.15) is 95.3 Å². The van der Waals surface area contributed by atoms with E-state index < -0.39 is 18.0 Å². The third-order valence-corrected chi connectivity index (χ3v) is 9.49. The van der Waals surface area contributed by atoms with Crippen LogP contribution in [0.2, 0.25) is 0 Å². The molecule has 214 valence electrons. The van der Waals surface area contributed by atoms with Gasteiger partial charge in [-0.3, -0.25) is 9.59 Å². The van der Waals surface area contributed by atoms with Gasteiger partial charge in [-0.1, -0.05) is 13.8 Å². The van der Waals surface area contributed by atoms with Crippen LogP contribution in [-0.2, 0) is 4.79 Å². The summed E-state index contributed by atoms with van der Waals surface area (Å²) in [5.41, 5.74) is 0.519. The van der Waals surface area contributed by atoms with Crippen molar-refractivity contribution in [3.63, 3.8) is 0 Å². The molecule has 0 spiro atoms. The van der Waals surface area contributed by atoms with E-state index in [1.807, 2.05) is 0 Å². The highest BCUT2D eigenvalue weighted by molar-refractivity contribution is 5.96. The van der Waals surface area contributed by atoms with Crippen molar-refractivity contribution in [3.05, 3.63) is 29.6 Å². The van der Waals surface area contributed by atoms with Gasteiger partial charge < -0.3 is 26.4 Å². The SMILES string of the molecule is CC(O)CNC(=O)C1CCC(NC(=O)c2ccc(NC(=O)NC34CC5CC(C)(CC(C)(C5)C3)C4)c(F)c2)CC1. The molecule has 0 saturated heterocycles. The lowest BCUT2D eigenvalue weighted by molar-refractivity contribution is -0.126. The smallest absolute Gasteiger partial charge is 0.319 e. The summed E-state index contributed by atoms with van der Waals surface area (Å²) >= 11 is 0. The second-order valence-electron chi connectivity index (χ2n) is 13.8. The van der Waals surface area contributed by atoms with E-state index in [4.69, 9.17) is 0 Å². The molecule has 5 aliphatic rings. The summed E-state index contributed by atoms with van der Waals surface area (Å²) in [5, 5.41) is 20.9. The highest BCUT2D eigenvalue weighted by atomic mass is 19.1. The third-order valence-electron chi connectivity index (χ3n) is 9.49. The van der Waals surface area contributed by atoms with Crippen LogP contribution in [0.15, 0.2) is 18.2 Å². The minimum Gasteiger partial charge on any atom is -0.392 e. The average Bonchev–Trinajstić information content (AvgIpc) is 2.81. The van der Waals surface area contributed by atoms with Crippen LogP contribution in [0, 0.1) is 28.5 Å². The van der Waals surface area contributed by atoms with E-state index in [1.54, 1.807) is 6.92 Å². The molecule has 4 amide bonds. The van der Waals surface area contributed by atoms with E-state index in [9.17, 15) is 23.9 Å². The quantitative estimate of drug-likeness (QED) is 0.349. The van der Waals surface area contributed by atoms with Crippen LogP contribution in [-0.4, -0.2) is 47.2 Å². The van der Waals surface area contributed by atoms with Crippen LogP contribution in [0.25, 0.3) is 0 Å². The van der Waals surface area contributed by atoms with Gasteiger partial charge in [0.2, 0.25) is 5.91 Å². The van der Waals surface area contributed by atoms with Crippen LogP contribution in [0.3, 0.4) is 0 Å². The first kappa shape index (κ1) is 27.9. The molecular formula is C30H43FN4O4. The summed E-state index contributed by atoms with van der Waals surface area (Å²) in [7, 11) is 0. The molecule has 8 nitrogen and oxygen atoms in total. The van der Waals surface area contributed by atoms with Gasteiger partial charge in [0.15, 0.2) is 0 Å². The molecule has 5 aliphatic carbocycles. The molecule has 1 aromatic carbocycles. The molecule has 0 heterocycles. The number of carbonyl (C=O) groups is 3. The van der Waals surface area contributed by atoms with Crippen molar-refractivity contribution in [2.24, 2.45) is 22.7 Å². The number of rotatable bonds is 7. The Morgan fingerprint density at radius 1 is 1.03 bits per heavy atom. The molecule has 0 radical (unpaired) electrons. The standard InChI is InChI=1S/C30H43FN4O4/c1-18(36)14-32-25(37)20-4-7-22(8-5-20)33-26(38)21-6-9-24(23(31)10-21)34-27(39)35-30-13-19-11-28(2,16-30)15-29(3,12-19)17-30/h6,9-10,18-20,22,36H,4-5,7-8,11-17H2,1-3H3,(H,32,37)(H,33,38)(H2,34,35,39). The Bertz CT molecular complexity index is 1110. The first-order chi connectivity index (χ1) is 18.3. The molecule has 5 N–H and O–H groups in total. The van der Waals surface area contributed by atoms with Gasteiger partial charge in [0.05, 0.1) is 11.8 Å². The normalized spacial score (nSPS) is 35.7. The number of halogens is 1. The zero-order valence-corrected chi connectivity index (χ0v) is 23.4. The third kappa shape index (κ3) is 6.23. The van der Waals surface area contributed by atoms with Crippen LogP contribution in [0.5, 0.6) is 0 Å². The second-order valence-corrected chi connectivity index (χ2v) is 13.8. The number of benzene rings is 1. The topological polar surface area (TPSA) is 120 Å². The Morgan fingerprint density at radius 3 is 2.28 bits per heavy atom. The lowest BCUT2D eigenvalue weighted by atomic mass is 9.43. The van der Waals surface area contributed by atoms with Gasteiger partial charge >= 0.3 is 6.03 Å². The maximum Gasteiger partial charge on any atom is 0.319 e. The zero-order chi connectivity index (χ0) is 28.0. The number of hydrogen-bond acceptors (Lipinski definition) is 4. The van der Waals surface area contributed by atoms with Gasteiger partial charge in [-0.25, -0.2) is 9.18 Å². The molecule has 5 saturated carbocycles. The monoisotopic (exact) mass is 542 g/mol. The number of nitrogens with one attached hydrogen (secondary N) is 4. The molecule has 5 fully saturated rings. The van der Waals surface area contributed by atoms with Crippen LogP contribution in [0.4, 0.5) is 14.9 Å². The van der Waals surface area contributed by atoms with Crippen molar-refractivity contribution in [3.8, 4) is 0 Å². The van der Waals surface area contributed by atoms with Gasteiger partial charge in [-0.2, -0.15) is 0 Å². The number of aliphatic hydroxyl groups is 1. The first-order valence-electron chi connectivity index (χ1n) is 14.5. The van der Waals surface area contributed by atoms with Crippen LogP contribution >= 0.6 is 0 Å². The molecule has 4 bridgehead atoms. The minimum absolute atomic E-state index is 0.0509. The fourth-order valence-corrected chi connectivity index (χ4v) is 8.90. The molecular weight excluding hydrogens is 499 g/mol. The number of anilines is 1. The Morgan fingerprint density at radius 2 is 1.69 bits per heavy atom. The van der Waals surface area contributed by atoms with Crippen molar-refractivity contribution in [1.82, 2.24) is 16.0 Å². The minimum atomic E-state index is -0.652. The summed E-state index contributed by atoms with van der Waals surface area (Å²) in [4.78, 5) is 38.0. The lowest BCUT2D eigenvalue weighted by Gasteiger charge is -2.65. The van der Waals surface area contributed by atoms with Gasteiger partial charge in [0, 0.05) is 29.6 Å². The maximum absolute atomic E-state index is 15.0. The zero-order valence-electron chi connectivity index (χ0n) is 23.4. The predicted molar refractivity (Wildman–Crippen MR) is 147 cm³/mol. The Hall–Kier alpha value is -2.68. The van der Waals surface area contributed by atoms with Gasteiger partial charge in [0.1, 0.15) is 5.82 Å². The van der Waals surface area contributed by atoms with Crippen molar-refractivity contribution >= 4 is 23.5 Å². The molecule has 39 heavy (non-hydrogen) atoms. The number of carbonyl (C=O) groups excluding carboxylic acids is 3. The summed E-state index contributed by atoms with van der Waals surface area (Å²) in [6.45, 7) is 6.54. The largest absolute Gasteiger partial charge is 0.392 e. The van der Waals surface area contributed by atoms with Crippen molar-refractivity contribution in [2.45, 2.75) is 103 Å². The molecule has 0 aliphatic heterocycles. The predicted octanol–water partition coefficient (Wildman–Crippen LogP) is 4.48. The summed E-state index contributed by atoms with van der Waals surface area (Å²) < 4.78 is 15.0. The van der Waals surface area contributed by atoms with E-state index in [-0.39, 0.29) is 57.9 Å². The molecule has 9 heteroatoms. The molecule has 1 aromatic rings. The van der Waals surface area contributed by atoms with E-state index in [2.05, 4.69) is 35.1 Å². The van der Waals surface area contributed by atoms with Gasteiger partial charge in [-0.15, -0.1) is 0 Å². The molecule has 3 atom stereocenters. The van der Waals surface area contributed by atoms with Crippen molar-refractivity contribution in [2.75, 3.05) is 11.9 Å². The summed E-state index contributed by atoms with van der Waals surface area (Å²) in [5.74, 6) is -0.590. The summed E-state index contributed by atoms with van der Waals surface area (Å²) in [6.07, 6.45) is 8.59. The Balaban J connectivity index is 1.12. The Kier molecular flexibility index (Phi) is 7.42.